The topological polar surface area (TPSA) is 60.2 Å². The molecule has 0 fully saturated rings. The van der Waals surface area contributed by atoms with Gasteiger partial charge in [0.15, 0.2) is 0 Å². The molecule has 0 bridgehead atoms. The highest BCUT2D eigenvalue weighted by Crippen LogP contribution is 2.21. The van der Waals surface area contributed by atoms with Crippen molar-refractivity contribution >= 4 is 0 Å². The van der Waals surface area contributed by atoms with Crippen molar-refractivity contribution in [1.82, 2.24) is 15.5 Å². The summed E-state index contributed by atoms with van der Waals surface area (Å²) in [4.78, 5) is 0. The predicted molar refractivity (Wildman–Crippen MR) is 77.7 cm³/mol. The Morgan fingerprint density at radius 1 is 1.15 bits per heavy atom. The summed E-state index contributed by atoms with van der Waals surface area (Å²) in [7, 11) is 1.64. The second kappa shape index (κ2) is 6.05. The Kier molecular flexibility index (Phi) is 4.39. The molecule has 0 unspecified atom stereocenters. The highest BCUT2D eigenvalue weighted by Gasteiger charge is 2.11. The molecule has 0 aliphatic carbocycles. The van der Waals surface area contributed by atoms with Crippen LogP contribution in [0.1, 0.15) is 26.7 Å². The van der Waals surface area contributed by atoms with Crippen LogP contribution in [0.15, 0.2) is 28.7 Å². The van der Waals surface area contributed by atoms with Crippen LogP contribution in [0, 0.1) is 0 Å². The molecular weight excluding hydrogens is 254 g/mol. The van der Waals surface area contributed by atoms with E-state index in [4.69, 9.17) is 9.15 Å². The minimum absolute atomic E-state index is 0.0961. The van der Waals surface area contributed by atoms with Crippen LogP contribution in [0.25, 0.3) is 11.5 Å². The number of methoxy groups -OCH3 is 1. The molecule has 2 rings (SSSR count). The van der Waals surface area contributed by atoms with Crippen LogP contribution in [0.5, 0.6) is 5.75 Å². The van der Waals surface area contributed by atoms with E-state index in [1.54, 1.807) is 7.11 Å². The van der Waals surface area contributed by atoms with Gasteiger partial charge in [-0.1, -0.05) is 0 Å². The zero-order chi connectivity index (χ0) is 14.6. The molecule has 0 spiro atoms. The monoisotopic (exact) mass is 275 g/mol. The lowest BCUT2D eigenvalue weighted by molar-refractivity contribution is 0.411. The highest BCUT2D eigenvalue weighted by atomic mass is 16.5. The quantitative estimate of drug-likeness (QED) is 0.909. The standard InChI is InChI=1S/C15H21N3O2/c1-15(2,3)16-10-9-13-17-18-14(20-13)11-5-7-12(19-4)8-6-11/h5-8,16H,9-10H2,1-4H3. The Bertz CT molecular complexity index is 541. The Hall–Kier alpha value is -1.88. The summed E-state index contributed by atoms with van der Waals surface area (Å²) in [5.41, 5.74) is 0.993. The van der Waals surface area contributed by atoms with Crippen LogP contribution in [0.2, 0.25) is 0 Å². The van der Waals surface area contributed by atoms with E-state index in [2.05, 4.69) is 36.3 Å². The lowest BCUT2D eigenvalue weighted by atomic mass is 10.1. The maximum atomic E-state index is 5.65. The largest absolute Gasteiger partial charge is 0.497 e. The van der Waals surface area contributed by atoms with Crippen molar-refractivity contribution in [2.75, 3.05) is 13.7 Å². The maximum Gasteiger partial charge on any atom is 0.247 e. The molecule has 108 valence electrons. The van der Waals surface area contributed by atoms with Crippen LogP contribution in [0.4, 0.5) is 0 Å². The van der Waals surface area contributed by atoms with Crippen molar-refractivity contribution < 1.29 is 9.15 Å². The molecule has 0 saturated carbocycles. The molecule has 0 saturated heterocycles. The number of aromatic nitrogens is 2. The van der Waals surface area contributed by atoms with Gasteiger partial charge in [0.1, 0.15) is 5.75 Å². The molecule has 1 heterocycles. The summed E-state index contributed by atoms with van der Waals surface area (Å²) in [6.45, 7) is 7.20. The van der Waals surface area contributed by atoms with E-state index < -0.39 is 0 Å². The van der Waals surface area contributed by atoms with Gasteiger partial charge in [0, 0.05) is 24.1 Å². The van der Waals surface area contributed by atoms with Gasteiger partial charge in [-0.05, 0) is 45.0 Å². The molecular formula is C15H21N3O2. The maximum absolute atomic E-state index is 5.65. The van der Waals surface area contributed by atoms with Crippen molar-refractivity contribution in [1.29, 1.82) is 0 Å². The van der Waals surface area contributed by atoms with E-state index in [-0.39, 0.29) is 5.54 Å². The van der Waals surface area contributed by atoms with E-state index >= 15 is 0 Å². The number of ether oxygens (including phenoxy) is 1. The van der Waals surface area contributed by atoms with Crippen molar-refractivity contribution in [3.63, 3.8) is 0 Å². The molecule has 0 radical (unpaired) electrons. The lowest BCUT2D eigenvalue weighted by Gasteiger charge is -2.19. The fourth-order valence-electron chi connectivity index (χ4n) is 1.75. The van der Waals surface area contributed by atoms with Crippen LogP contribution in [-0.4, -0.2) is 29.4 Å². The van der Waals surface area contributed by atoms with Crippen molar-refractivity contribution in [2.24, 2.45) is 0 Å². The first kappa shape index (κ1) is 14.5. The number of nitrogens with zero attached hydrogens (tertiary/aromatic N) is 2. The number of hydrogen-bond acceptors (Lipinski definition) is 5. The first-order valence-corrected chi connectivity index (χ1v) is 6.70. The number of hydrogen-bond donors (Lipinski definition) is 1. The number of nitrogens with one attached hydrogen (secondary N) is 1. The number of benzene rings is 1. The fraction of sp³-hybridized carbons (Fsp3) is 0.467. The SMILES string of the molecule is COc1ccc(-c2nnc(CCNC(C)(C)C)o2)cc1. The third-order valence-electron chi connectivity index (χ3n) is 2.80. The molecule has 1 aromatic heterocycles. The smallest absolute Gasteiger partial charge is 0.247 e. The van der Waals surface area contributed by atoms with Crippen molar-refractivity contribution in [2.45, 2.75) is 32.7 Å². The Morgan fingerprint density at radius 2 is 1.85 bits per heavy atom. The first-order chi connectivity index (χ1) is 9.48. The van der Waals surface area contributed by atoms with E-state index in [1.807, 2.05) is 24.3 Å². The molecule has 0 aliphatic rings. The van der Waals surface area contributed by atoms with Gasteiger partial charge < -0.3 is 14.5 Å². The Morgan fingerprint density at radius 3 is 2.45 bits per heavy atom. The minimum atomic E-state index is 0.0961. The summed E-state index contributed by atoms with van der Waals surface area (Å²) < 4.78 is 10.8. The Balaban J connectivity index is 1.97. The van der Waals surface area contributed by atoms with Gasteiger partial charge in [-0.15, -0.1) is 10.2 Å². The molecule has 0 aliphatic heterocycles. The number of rotatable bonds is 5. The van der Waals surface area contributed by atoms with Gasteiger partial charge in [-0.3, -0.25) is 0 Å². The Labute approximate surface area is 119 Å². The molecule has 1 N–H and O–H groups in total. The summed E-state index contributed by atoms with van der Waals surface area (Å²) in [5.74, 6) is 1.99. The van der Waals surface area contributed by atoms with Gasteiger partial charge in [0.2, 0.25) is 11.8 Å². The van der Waals surface area contributed by atoms with Crippen LogP contribution < -0.4 is 10.1 Å². The molecule has 2 aromatic rings. The second-order valence-electron chi connectivity index (χ2n) is 5.66. The second-order valence-corrected chi connectivity index (χ2v) is 5.66. The molecule has 5 nitrogen and oxygen atoms in total. The van der Waals surface area contributed by atoms with E-state index in [0.29, 0.717) is 11.8 Å². The van der Waals surface area contributed by atoms with Gasteiger partial charge >= 0.3 is 0 Å². The van der Waals surface area contributed by atoms with Gasteiger partial charge in [0.05, 0.1) is 7.11 Å². The average Bonchev–Trinajstić information content (AvgIpc) is 2.86. The predicted octanol–water partition coefficient (Wildman–Crippen LogP) is 2.68. The molecule has 1 aromatic carbocycles. The molecule has 0 atom stereocenters. The van der Waals surface area contributed by atoms with E-state index in [0.717, 1.165) is 24.3 Å². The first-order valence-electron chi connectivity index (χ1n) is 6.70. The average molecular weight is 275 g/mol. The van der Waals surface area contributed by atoms with Crippen LogP contribution >= 0.6 is 0 Å². The molecule has 20 heavy (non-hydrogen) atoms. The summed E-state index contributed by atoms with van der Waals surface area (Å²) in [6, 6.07) is 7.56. The summed E-state index contributed by atoms with van der Waals surface area (Å²) >= 11 is 0. The van der Waals surface area contributed by atoms with Crippen molar-refractivity contribution in [3.8, 4) is 17.2 Å². The van der Waals surface area contributed by atoms with Gasteiger partial charge in [0.25, 0.3) is 0 Å². The van der Waals surface area contributed by atoms with E-state index in [1.165, 1.54) is 0 Å². The van der Waals surface area contributed by atoms with Crippen LogP contribution in [-0.2, 0) is 6.42 Å². The zero-order valence-electron chi connectivity index (χ0n) is 12.4. The summed E-state index contributed by atoms with van der Waals surface area (Å²) in [5, 5.41) is 11.5. The van der Waals surface area contributed by atoms with E-state index in [9.17, 15) is 0 Å². The lowest BCUT2D eigenvalue weighted by Crippen LogP contribution is -2.37. The molecule has 0 amide bonds. The zero-order valence-corrected chi connectivity index (χ0v) is 12.4. The minimum Gasteiger partial charge on any atom is -0.497 e. The fourth-order valence-corrected chi connectivity index (χ4v) is 1.75. The normalized spacial score (nSPS) is 11.6. The highest BCUT2D eigenvalue weighted by molar-refractivity contribution is 5.53. The third-order valence-corrected chi connectivity index (χ3v) is 2.80. The van der Waals surface area contributed by atoms with Gasteiger partial charge in [-0.25, -0.2) is 0 Å². The van der Waals surface area contributed by atoms with Crippen molar-refractivity contribution in [3.05, 3.63) is 30.2 Å². The van der Waals surface area contributed by atoms with Crippen LogP contribution in [0.3, 0.4) is 0 Å². The molecule has 5 heteroatoms. The van der Waals surface area contributed by atoms with Gasteiger partial charge in [-0.2, -0.15) is 0 Å². The third kappa shape index (κ3) is 4.06. The summed E-state index contributed by atoms with van der Waals surface area (Å²) in [6.07, 6.45) is 0.723.